The van der Waals surface area contributed by atoms with Gasteiger partial charge < -0.3 is 15.0 Å². The monoisotopic (exact) mass is 466 g/mol. The summed E-state index contributed by atoms with van der Waals surface area (Å²) < 4.78 is 20.5. The number of nitrogens with zero attached hydrogens (tertiary/aromatic N) is 3. The van der Waals surface area contributed by atoms with Crippen molar-refractivity contribution in [1.82, 2.24) is 15.1 Å². The Balaban J connectivity index is 1.14. The van der Waals surface area contributed by atoms with Crippen molar-refractivity contribution in [1.29, 1.82) is 0 Å². The summed E-state index contributed by atoms with van der Waals surface area (Å²) in [4.78, 5) is 2.70. The predicted octanol–water partition coefficient (Wildman–Crippen LogP) is 5.35. The van der Waals surface area contributed by atoms with E-state index >= 15 is 0 Å². The van der Waals surface area contributed by atoms with Gasteiger partial charge in [0.25, 0.3) is 0 Å². The molecule has 3 aromatic rings. The second-order valence-electron chi connectivity index (χ2n) is 10.1. The van der Waals surface area contributed by atoms with E-state index in [1.807, 2.05) is 6.92 Å². The van der Waals surface area contributed by atoms with E-state index in [0.29, 0.717) is 6.04 Å². The number of aryl methyl sites for hydroxylation is 1. The van der Waals surface area contributed by atoms with Crippen molar-refractivity contribution in [3.63, 3.8) is 0 Å². The summed E-state index contributed by atoms with van der Waals surface area (Å²) >= 11 is 1.68. The molecule has 2 aromatic heterocycles. The van der Waals surface area contributed by atoms with Crippen LogP contribution in [0.25, 0.3) is 21.3 Å². The van der Waals surface area contributed by atoms with Crippen molar-refractivity contribution in [3.05, 3.63) is 41.0 Å². The average molecular weight is 467 g/mol. The lowest BCUT2D eigenvalue weighted by Gasteiger charge is -2.27. The highest BCUT2D eigenvalue weighted by Gasteiger charge is 2.41. The molecule has 1 aliphatic carbocycles. The topological polar surface area (TPSA) is 50.3 Å². The molecule has 3 aliphatic rings. The smallest absolute Gasteiger partial charge is 0.166 e. The first-order valence-corrected chi connectivity index (χ1v) is 13.1. The Labute approximate surface area is 198 Å². The Morgan fingerprint density at radius 2 is 1.91 bits per heavy atom. The lowest BCUT2D eigenvalue weighted by Crippen LogP contribution is -2.32. The molecule has 3 fully saturated rings. The van der Waals surface area contributed by atoms with Crippen molar-refractivity contribution in [2.75, 3.05) is 38.2 Å². The SMILES string of the molecule is Cc1ccc(F)cc1-c1nnc(N[C@@H]2CC3CN(CC4CCOCC4)C[C@H]3C2)c2sccc12. The molecule has 2 saturated heterocycles. The highest BCUT2D eigenvalue weighted by molar-refractivity contribution is 7.17. The standard InChI is InChI=1S/C26H31FN4OS/c1-16-2-3-20(27)12-23(16)24-22-6-9-33-25(22)26(30-29-24)28-21-10-18-14-31(15-19(18)11-21)13-17-4-7-32-8-5-17/h2-3,6,9,12,17-19,21H,4-5,7-8,10-11,13-15H2,1H3,(H,28,30)/t18-,19?,21+/m1/s1. The van der Waals surface area contributed by atoms with E-state index in [1.165, 1.54) is 51.4 Å². The van der Waals surface area contributed by atoms with Gasteiger partial charge in [-0.3, -0.25) is 0 Å². The minimum Gasteiger partial charge on any atom is -0.381 e. The van der Waals surface area contributed by atoms with Crippen LogP contribution in [0.5, 0.6) is 0 Å². The molecule has 0 amide bonds. The average Bonchev–Trinajstić information content (AvgIpc) is 3.52. The van der Waals surface area contributed by atoms with Gasteiger partial charge in [0, 0.05) is 49.8 Å². The molecule has 7 heteroatoms. The van der Waals surface area contributed by atoms with Gasteiger partial charge in [-0.1, -0.05) is 6.07 Å². The van der Waals surface area contributed by atoms with Gasteiger partial charge in [-0.15, -0.1) is 21.5 Å². The maximum atomic E-state index is 13.9. The van der Waals surface area contributed by atoms with E-state index in [1.54, 1.807) is 23.5 Å². The van der Waals surface area contributed by atoms with Gasteiger partial charge in [-0.25, -0.2) is 4.39 Å². The first-order valence-electron chi connectivity index (χ1n) is 12.2. The summed E-state index contributed by atoms with van der Waals surface area (Å²) in [6.45, 7) is 7.58. The third kappa shape index (κ3) is 4.27. The van der Waals surface area contributed by atoms with Crippen LogP contribution >= 0.6 is 11.3 Å². The largest absolute Gasteiger partial charge is 0.381 e. The van der Waals surface area contributed by atoms with Crippen LogP contribution in [0.2, 0.25) is 0 Å². The zero-order chi connectivity index (χ0) is 22.4. The van der Waals surface area contributed by atoms with E-state index in [0.717, 1.165) is 63.7 Å². The summed E-state index contributed by atoms with van der Waals surface area (Å²) in [6.07, 6.45) is 4.84. The van der Waals surface area contributed by atoms with Gasteiger partial charge in [0.1, 0.15) is 11.5 Å². The number of fused-ring (bicyclic) bond motifs is 2. The van der Waals surface area contributed by atoms with Crippen molar-refractivity contribution >= 4 is 27.2 Å². The second-order valence-corrected chi connectivity index (χ2v) is 11.0. The Morgan fingerprint density at radius 3 is 2.70 bits per heavy atom. The highest BCUT2D eigenvalue weighted by atomic mass is 32.1. The van der Waals surface area contributed by atoms with Crippen LogP contribution in [0.4, 0.5) is 10.2 Å². The number of rotatable bonds is 5. The van der Waals surface area contributed by atoms with Crippen LogP contribution in [0.1, 0.15) is 31.2 Å². The third-order valence-electron chi connectivity index (χ3n) is 7.86. The Hall–Kier alpha value is -2.09. The normalized spacial score (nSPS) is 26.2. The number of likely N-dealkylation sites (tertiary alicyclic amines) is 1. The molecule has 3 atom stereocenters. The number of aromatic nitrogens is 2. The van der Waals surface area contributed by atoms with Crippen molar-refractivity contribution in [2.45, 2.75) is 38.6 Å². The second kappa shape index (κ2) is 8.93. The summed E-state index contributed by atoms with van der Waals surface area (Å²) in [5.74, 6) is 3.01. The maximum Gasteiger partial charge on any atom is 0.166 e. The zero-order valence-corrected chi connectivity index (χ0v) is 19.9. The Morgan fingerprint density at radius 1 is 1.12 bits per heavy atom. The van der Waals surface area contributed by atoms with Crippen molar-refractivity contribution in [2.24, 2.45) is 17.8 Å². The number of ether oxygens (including phenoxy) is 1. The maximum absolute atomic E-state index is 13.9. The van der Waals surface area contributed by atoms with E-state index in [9.17, 15) is 4.39 Å². The van der Waals surface area contributed by atoms with Crippen LogP contribution in [0.15, 0.2) is 29.6 Å². The molecule has 1 N–H and O–H groups in total. The van der Waals surface area contributed by atoms with Crippen LogP contribution < -0.4 is 5.32 Å². The van der Waals surface area contributed by atoms with Gasteiger partial charge in [-0.05, 0) is 79.5 Å². The molecule has 0 spiro atoms. The molecule has 1 unspecified atom stereocenters. The fraction of sp³-hybridized carbons (Fsp3) is 0.538. The van der Waals surface area contributed by atoms with Crippen LogP contribution in [0, 0.1) is 30.5 Å². The molecule has 6 rings (SSSR count). The number of halogens is 1. The lowest BCUT2D eigenvalue weighted by atomic mass is 10.00. The molecule has 5 nitrogen and oxygen atoms in total. The summed E-state index contributed by atoms with van der Waals surface area (Å²) in [7, 11) is 0. The number of hydrogen-bond donors (Lipinski definition) is 1. The van der Waals surface area contributed by atoms with E-state index < -0.39 is 0 Å². The predicted molar refractivity (Wildman–Crippen MR) is 131 cm³/mol. The molecule has 4 heterocycles. The summed E-state index contributed by atoms with van der Waals surface area (Å²) in [5.41, 5.74) is 2.59. The first kappa shape index (κ1) is 21.4. The van der Waals surface area contributed by atoms with Crippen LogP contribution in [-0.4, -0.2) is 54.0 Å². The number of thiophene rings is 1. The van der Waals surface area contributed by atoms with Crippen molar-refractivity contribution in [3.8, 4) is 11.3 Å². The van der Waals surface area contributed by atoms with Crippen molar-refractivity contribution < 1.29 is 9.13 Å². The minimum absolute atomic E-state index is 0.244. The van der Waals surface area contributed by atoms with E-state index in [-0.39, 0.29) is 5.82 Å². The van der Waals surface area contributed by atoms with Crippen LogP contribution in [0.3, 0.4) is 0 Å². The molecule has 0 bridgehead atoms. The molecular formula is C26H31FN4OS. The van der Waals surface area contributed by atoms with Gasteiger partial charge in [0.15, 0.2) is 5.82 Å². The van der Waals surface area contributed by atoms with Gasteiger partial charge in [-0.2, -0.15) is 0 Å². The molecule has 0 radical (unpaired) electrons. The summed E-state index contributed by atoms with van der Waals surface area (Å²) in [6, 6.07) is 7.39. The van der Waals surface area contributed by atoms with Gasteiger partial charge >= 0.3 is 0 Å². The number of nitrogens with one attached hydrogen (secondary N) is 1. The fourth-order valence-corrected chi connectivity index (χ4v) is 7.02. The quantitative estimate of drug-likeness (QED) is 0.549. The third-order valence-corrected chi connectivity index (χ3v) is 8.79. The Kier molecular flexibility index (Phi) is 5.80. The zero-order valence-electron chi connectivity index (χ0n) is 19.1. The Bertz CT molecular complexity index is 1130. The minimum atomic E-state index is -0.244. The van der Waals surface area contributed by atoms with Gasteiger partial charge in [0.05, 0.1) is 4.70 Å². The fourth-order valence-electron chi connectivity index (χ4n) is 6.17. The number of anilines is 1. The first-order chi connectivity index (χ1) is 16.1. The number of benzene rings is 1. The molecular weight excluding hydrogens is 435 g/mol. The van der Waals surface area contributed by atoms with E-state index in [2.05, 4.69) is 31.9 Å². The molecule has 33 heavy (non-hydrogen) atoms. The number of hydrogen-bond acceptors (Lipinski definition) is 6. The molecule has 174 valence electrons. The molecule has 1 saturated carbocycles. The van der Waals surface area contributed by atoms with E-state index in [4.69, 9.17) is 4.74 Å². The lowest BCUT2D eigenvalue weighted by molar-refractivity contribution is 0.0545. The van der Waals surface area contributed by atoms with Crippen LogP contribution in [-0.2, 0) is 4.74 Å². The molecule has 1 aromatic carbocycles. The summed E-state index contributed by atoms with van der Waals surface area (Å²) in [5, 5.41) is 16.0. The van der Waals surface area contributed by atoms with Gasteiger partial charge in [0.2, 0.25) is 0 Å². The molecule has 2 aliphatic heterocycles. The highest BCUT2D eigenvalue weighted by Crippen LogP contribution is 2.41.